The molecule has 0 radical (unpaired) electrons. The summed E-state index contributed by atoms with van der Waals surface area (Å²) >= 11 is 0. The Morgan fingerprint density at radius 2 is 1.88 bits per heavy atom. The molecule has 6 heteroatoms. The zero-order chi connectivity index (χ0) is 22.9. The van der Waals surface area contributed by atoms with Crippen molar-refractivity contribution in [2.24, 2.45) is 0 Å². The third kappa shape index (κ3) is 3.99. The van der Waals surface area contributed by atoms with Gasteiger partial charge in [-0.25, -0.2) is 4.79 Å². The molecule has 3 aromatic rings. The number of esters is 2. The molecule has 2 aromatic carbocycles. The maximum absolute atomic E-state index is 12.8. The number of para-hydroxylation sites is 1. The lowest BCUT2D eigenvalue weighted by Gasteiger charge is -2.23. The number of hydrogen-bond donors (Lipinski definition) is 0. The molecule has 2 aliphatic rings. The molecule has 1 fully saturated rings. The third-order valence-electron chi connectivity index (χ3n) is 6.66. The van der Waals surface area contributed by atoms with Crippen LogP contribution in [-0.4, -0.2) is 29.2 Å². The fourth-order valence-electron chi connectivity index (χ4n) is 5.35. The van der Waals surface area contributed by atoms with Crippen LogP contribution in [0.25, 0.3) is 22.2 Å². The fourth-order valence-corrected chi connectivity index (χ4v) is 5.35. The highest BCUT2D eigenvalue weighted by atomic mass is 16.6. The molecule has 5 rings (SSSR count). The maximum Gasteiger partial charge on any atom is 0.349 e. The number of rotatable bonds is 4. The van der Waals surface area contributed by atoms with Gasteiger partial charge in [-0.2, -0.15) is 0 Å². The van der Waals surface area contributed by atoms with Crippen LogP contribution in [-0.2, 0) is 20.9 Å². The van der Waals surface area contributed by atoms with Gasteiger partial charge in [0.1, 0.15) is 11.5 Å². The number of benzene rings is 2. The fraction of sp³-hybridized carbons (Fsp3) is 0.407. The van der Waals surface area contributed by atoms with Gasteiger partial charge in [0.25, 0.3) is 0 Å². The first-order chi connectivity index (χ1) is 16.1. The van der Waals surface area contributed by atoms with Gasteiger partial charge in [0.15, 0.2) is 0 Å². The quantitative estimate of drug-likeness (QED) is 0.384. The highest BCUT2D eigenvalue weighted by molar-refractivity contribution is 5.95. The molecule has 1 unspecified atom stereocenters. The Hall–Kier alpha value is -3.28. The molecule has 1 saturated carbocycles. The second-order valence-corrected chi connectivity index (χ2v) is 8.84. The molecular weight excluding hydrogens is 418 g/mol. The second-order valence-electron chi connectivity index (χ2n) is 8.84. The van der Waals surface area contributed by atoms with Gasteiger partial charge in [-0.3, -0.25) is 4.79 Å². The highest BCUT2D eigenvalue weighted by Crippen LogP contribution is 2.48. The molecule has 1 aliphatic heterocycles. The summed E-state index contributed by atoms with van der Waals surface area (Å²) in [6.45, 7) is 3.82. The SMILES string of the molecule is CCOC(=O)C1Cn2c(c(C3CCCCC3)c3ccc(OC(C)=O)cc32)-c2ccccc2O1. The van der Waals surface area contributed by atoms with E-state index in [4.69, 9.17) is 14.2 Å². The molecule has 1 aromatic heterocycles. The smallest absolute Gasteiger partial charge is 0.349 e. The predicted octanol–water partition coefficient (Wildman–Crippen LogP) is 5.61. The molecule has 172 valence electrons. The van der Waals surface area contributed by atoms with Gasteiger partial charge in [0.05, 0.1) is 24.4 Å². The normalized spacial score (nSPS) is 18.1. The average molecular weight is 448 g/mol. The molecular formula is C27H29NO5. The largest absolute Gasteiger partial charge is 0.476 e. The van der Waals surface area contributed by atoms with Gasteiger partial charge in [-0.15, -0.1) is 0 Å². The van der Waals surface area contributed by atoms with Crippen molar-refractivity contribution in [3.05, 3.63) is 48.0 Å². The minimum Gasteiger partial charge on any atom is -0.476 e. The molecule has 1 atom stereocenters. The van der Waals surface area contributed by atoms with Gasteiger partial charge in [-0.1, -0.05) is 31.4 Å². The monoisotopic (exact) mass is 447 g/mol. The van der Waals surface area contributed by atoms with Crippen LogP contribution in [0, 0.1) is 0 Å². The molecule has 0 spiro atoms. The topological polar surface area (TPSA) is 66.8 Å². The molecule has 33 heavy (non-hydrogen) atoms. The zero-order valence-corrected chi connectivity index (χ0v) is 19.1. The summed E-state index contributed by atoms with van der Waals surface area (Å²) in [6, 6.07) is 13.7. The van der Waals surface area contributed by atoms with Crippen LogP contribution in [0.4, 0.5) is 0 Å². The van der Waals surface area contributed by atoms with Crippen molar-refractivity contribution in [3.8, 4) is 22.8 Å². The molecule has 2 heterocycles. The number of fused-ring (bicyclic) bond motifs is 5. The number of ether oxygens (including phenoxy) is 3. The van der Waals surface area contributed by atoms with E-state index in [1.54, 1.807) is 6.92 Å². The Morgan fingerprint density at radius 3 is 2.64 bits per heavy atom. The molecule has 6 nitrogen and oxygen atoms in total. The van der Waals surface area contributed by atoms with Gasteiger partial charge in [0, 0.05) is 23.9 Å². The summed E-state index contributed by atoms with van der Waals surface area (Å²) in [7, 11) is 0. The minimum absolute atomic E-state index is 0.295. The average Bonchev–Trinajstić information content (AvgIpc) is 3.01. The van der Waals surface area contributed by atoms with E-state index in [1.807, 2.05) is 30.3 Å². The number of carbonyl (C=O) groups excluding carboxylic acids is 2. The Balaban J connectivity index is 1.77. The van der Waals surface area contributed by atoms with Crippen molar-refractivity contribution in [2.45, 2.75) is 64.5 Å². The maximum atomic E-state index is 12.8. The predicted molar refractivity (Wildman–Crippen MR) is 126 cm³/mol. The summed E-state index contributed by atoms with van der Waals surface area (Å²) < 4.78 is 19.1. The van der Waals surface area contributed by atoms with Crippen LogP contribution >= 0.6 is 0 Å². The standard InChI is InChI=1S/C27H29NO5/c1-3-31-27(30)24-16-28-22-15-19(32-17(2)29)13-14-20(22)25(18-9-5-4-6-10-18)26(28)21-11-7-8-12-23(21)33-24/h7-8,11-15,18,24H,3-6,9-10,16H2,1-2H3. The Morgan fingerprint density at radius 1 is 1.09 bits per heavy atom. The summed E-state index contributed by atoms with van der Waals surface area (Å²) in [6.07, 6.45) is 5.22. The van der Waals surface area contributed by atoms with E-state index in [2.05, 4.69) is 16.7 Å². The summed E-state index contributed by atoms with van der Waals surface area (Å²) in [5, 5.41) is 1.15. The van der Waals surface area contributed by atoms with E-state index < -0.39 is 6.10 Å². The molecule has 0 saturated heterocycles. The molecule has 1 aliphatic carbocycles. The van der Waals surface area contributed by atoms with E-state index in [1.165, 1.54) is 31.7 Å². The number of aromatic nitrogens is 1. The first-order valence-corrected chi connectivity index (χ1v) is 11.8. The summed E-state index contributed by atoms with van der Waals surface area (Å²) in [5.41, 5.74) is 4.33. The van der Waals surface area contributed by atoms with Crippen molar-refractivity contribution in [1.29, 1.82) is 0 Å². The lowest BCUT2D eigenvalue weighted by atomic mass is 9.82. The number of hydrogen-bond acceptors (Lipinski definition) is 5. The van der Waals surface area contributed by atoms with Crippen LogP contribution in [0.15, 0.2) is 42.5 Å². The summed E-state index contributed by atoms with van der Waals surface area (Å²) in [4.78, 5) is 24.4. The Labute approximate surface area is 193 Å². The van der Waals surface area contributed by atoms with Gasteiger partial charge in [0.2, 0.25) is 6.10 Å². The summed E-state index contributed by atoms with van der Waals surface area (Å²) in [5.74, 6) is 0.884. The van der Waals surface area contributed by atoms with E-state index in [-0.39, 0.29) is 11.9 Å². The van der Waals surface area contributed by atoms with Crippen molar-refractivity contribution in [1.82, 2.24) is 4.57 Å². The minimum atomic E-state index is -0.764. The van der Waals surface area contributed by atoms with Crippen LogP contribution in [0.1, 0.15) is 57.4 Å². The van der Waals surface area contributed by atoms with Gasteiger partial charge >= 0.3 is 11.9 Å². The van der Waals surface area contributed by atoms with Crippen LogP contribution in [0.3, 0.4) is 0 Å². The van der Waals surface area contributed by atoms with Crippen LogP contribution in [0.5, 0.6) is 11.5 Å². The van der Waals surface area contributed by atoms with E-state index in [0.717, 1.165) is 35.0 Å². The van der Waals surface area contributed by atoms with E-state index in [0.29, 0.717) is 30.6 Å². The lowest BCUT2D eigenvalue weighted by molar-refractivity contribution is -0.151. The Bertz CT molecular complexity index is 1200. The van der Waals surface area contributed by atoms with Crippen molar-refractivity contribution in [2.75, 3.05) is 6.61 Å². The number of carbonyl (C=O) groups is 2. The number of nitrogens with zero attached hydrogens (tertiary/aromatic N) is 1. The third-order valence-corrected chi connectivity index (χ3v) is 6.66. The van der Waals surface area contributed by atoms with E-state index in [9.17, 15) is 9.59 Å². The molecule has 0 bridgehead atoms. The Kier molecular flexibility index (Phi) is 5.83. The van der Waals surface area contributed by atoms with Crippen molar-refractivity contribution < 1.29 is 23.8 Å². The van der Waals surface area contributed by atoms with Crippen molar-refractivity contribution >= 4 is 22.8 Å². The van der Waals surface area contributed by atoms with E-state index >= 15 is 0 Å². The first kappa shape index (κ1) is 21.6. The van der Waals surface area contributed by atoms with Crippen LogP contribution in [0.2, 0.25) is 0 Å². The van der Waals surface area contributed by atoms with Gasteiger partial charge < -0.3 is 18.8 Å². The highest BCUT2D eigenvalue weighted by Gasteiger charge is 2.34. The molecule has 0 N–H and O–H groups in total. The van der Waals surface area contributed by atoms with Gasteiger partial charge in [-0.05, 0) is 55.5 Å². The van der Waals surface area contributed by atoms with Crippen molar-refractivity contribution in [3.63, 3.8) is 0 Å². The van der Waals surface area contributed by atoms with Crippen LogP contribution < -0.4 is 9.47 Å². The zero-order valence-electron chi connectivity index (χ0n) is 19.1. The first-order valence-electron chi connectivity index (χ1n) is 11.8. The molecule has 0 amide bonds. The lowest BCUT2D eigenvalue weighted by Crippen LogP contribution is -2.33. The second kappa shape index (κ2) is 8.93.